The van der Waals surface area contributed by atoms with Crippen LogP contribution >= 0.6 is 35.5 Å². The Morgan fingerprint density at radius 3 is 2.75 bits per heavy atom. The van der Waals surface area contributed by atoms with Crippen LogP contribution in [0.2, 0.25) is 0 Å². The third kappa shape index (κ3) is 2.48. The third-order valence-corrected chi connectivity index (χ3v) is 3.99. The molecule has 0 bridgehead atoms. The van der Waals surface area contributed by atoms with Gasteiger partial charge in [0.25, 0.3) is 0 Å². The number of benzene rings is 1. The molecule has 3 nitrogen and oxygen atoms in total. The number of rotatable bonds is 2. The van der Waals surface area contributed by atoms with E-state index < -0.39 is 0 Å². The molecule has 0 aliphatic carbocycles. The van der Waals surface area contributed by atoms with E-state index in [1.165, 1.54) is 11.9 Å². The molecular formula is C10H5N3S3. The molecule has 1 N–H and O–H groups in total. The number of nitrogens with zero attached hydrogens (tertiary/aromatic N) is 2. The molecule has 1 heterocycles. The summed E-state index contributed by atoms with van der Waals surface area (Å²) in [5.74, 6) is 0. The Morgan fingerprint density at radius 2 is 2.00 bits per heavy atom. The zero-order valence-electron chi connectivity index (χ0n) is 7.93. The molecule has 16 heavy (non-hydrogen) atoms. The predicted molar refractivity (Wildman–Crippen MR) is 68.1 cm³/mol. The summed E-state index contributed by atoms with van der Waals surface area (Å²) in [6.45, 7) is 0. The zero-order chi connectivity index (χ0) is 11.4. The maximum atomic E-state index is 8.58. The lowest BCUT2D eigenvalue weighted by Crippen LogP contribution is -2.04. The van der Waals surface area contributed by atoms with Crippen LogP contribution in [0.25, 0.3) is 6.08 Å². The lowest BCUT2D eigenvalue weighted by Gasteiger charge is -2.15. The predicted octanol–water partition coefficient (Wildman–Crippen LogP) is 3.38. The topological polar surface area (TPSA) is 59.6 Å². The van der Waals surface area contributed by atoms with Crippen molar-refractivity contribution < 1.29 is 0 Å². The molecule has 1 aromatic carbocycles. The van der Waals surface area contributed by atoms with Gasteiger partial charge in [0.1, 0.15) is 10.8 Å². The summed E-state index contributed by atoms with van der Waals surface area (Å²) in [5, 5.41) is 22.0. The van der Waals surface area contributed by atoms with E-state index in [2.05, 4.69) is 4.72 Å². The van der Waals surface area contributed by atoms with Crippen molar-refractivity contribution in [2.45, 2.75) is 9.79 Å². The molecular weight excluding hydrogens is 258 g/mol. The highest BCUT2D eigenvalue weighted by molar-refractivity contribution is 8.08. The van der Waals surface area contributed by atoms with Crippen LogP contribution in [0.15, 0.2) is 33.0 Å². The van der Waals surface area contributed by atoms with Gasteiger partial charge in [0.15, 0.2) is 0 Å². The van der Waals surface area contributed by atoms with E-state index in [0.717, 1.165) is 43.9 Å². The van der Waals surface area contributed by atoms with Crippen molar-refractivity contribution >= 4 is 41.5 Å². The van der Waals surface area contributed by atoms with Crippen LogP contribution in [0, 0.1) is 21.3 Å². The number of thiocyanates is 2. The summed E-state index contributed by atoms with van der Waals surface area (Å²) in [5.41, 5.74) is 1.07. The number of nitriles is 2. The monoisotopic (exact) mass is 263 g/mol. The first-order valence-electron chi connectivity index (χ1n) is 4.24. The van der Waals surface area contributed by atoms with Gasteiger partial charge in [0.2, 0.25) is 0 Å². The van der Waals surface area contributed by atoms with E-state index in [-0.39, 0.29) is 0 Å². The van der Waals surface area contributed by atoms with Gasteiger partial charge >= 0.3 is 0 Å². The summed E-state index contributed by atoms with van der Waals surface area (Å²) in [4.78, 5) is 2.00. The molecule has 0 radical (unpaired) electrons. The van der Waals surface area contributed by atoms with Crippen LogP contribution in [-0.2, 0) is 0 Å². The van der Waals surface area contributed by atoms with E-state index in [1.807, 2.05) is 35.1 Å². The summed E-state index contributed by atoms with van der Waals surface area (Å²) >= 11 is 3.72. The highest BCUT2D eigenvalue weighted by Crippen LogP contribution is 2.34. The van der Waals surface area contributed by atoms with E-state index in [1.54, 1.807) is 0 Å². The van der Waals surface area contributed by atoms with Gasteiger partial charge < -0.3 is 4.72 Å². The maximum Gasteiger partial charge on any atom is 0.140 e. The van der Waals surface area contributed by atoms with Crippen molar-refractivity contribution in [3.8, 4) is 10.8 Å². The van der Waals surface area contributed by atoms with Crippen molar-refractivity contribution in [2.24, 2.45) is 0 Å². The largest absolute Gasteiger partial charge is 0.319 e. The van der Waals surface area contributed by atoms with Crippen molar-refractivity contribution in [2.75, 3.05) is 0 Å². The van der Waals surface area contributed by atoms with E-state index >= 15 is 0 Å². The van der Waals surface area contributed by atoms with Gasteiger partial charge in [-0.15, -0.1) is 0 Å². The number of fused-ring (bicyclic) bond motifs is 1. The summed E-state index contributed by atoms with van der Waals surface area (Å²) in [6, 6.07) is 5.83. The SMILES string of the molecule is N#CSC1=Cc2ccc(SC#N)cc2SN1. The fourth-order valence-corrected chi connectivity index (χ4v) is 2.98. The molecule has 0 atom stereocenters. The highest BCUT2D eigenvalue weighted by Gasteiger charge is 2.11. The Labute approximate surface area is 106 Å². The van der Waals surface area contributed by atoms with Crippen LogP contribution in [-0.4, -0.2) is 0 Å². The second kappa shape index (κ2) is 5.22. The fourth-order valence-electron chi connectivity index (χ4n) is 1.21. The molecule has 0 unspecified atom stereocenters. The molecule has 0 saturated carbocycles. The van der Waals surface area contributed by atoms with Gasteiger partial charge in [0.05, 0.1) is 5.03 Å². The van der Waals surface area contributed by atoms with Crippen LogP contribution in [0.1, 0.15) is 5.56 Å². The molecule has 1 aliphatic rings. The van der Waals surface area contributed by atoms with Crippen molar-refractivity contribution in [3.05, 3.63) is 28.8 Å². The minimum absolute atomic E-state index is 0.834. The molecule has 6 heteroatoms. The normalized spacial score (nSPS) is 12.8. The molecule has 0 saturated heterocycles. The van der Waals surface area contributed by atoms with Gasteiger partial charge in [0, 0.05) is 21.6 Å². The van der Waals surface area contributed by atoms with Crippen LogP contribution in [0.5, 0.6) is 0 Å². The Bertz CT molecular complexity index is 525. The smallest absolute Gasteiger partial charge is 0.140 e. The van der Waals surface area contributed by atoms with Gasteiger partial charge in [-0.05, 0) is 47.5 Å². The molecule has 0 amide bonds. The summed E-state index contributed by atoms with van der Waals surface area (Å²) in [7, 11) is 0. The molecule has 1 aromatic rings. The van der Waals surface area contributed by atoms with Gasteiger partial charge in [-0.2, -0.15) is 10.5 Å². The molecule has 78 valence electrons. The van der Waals surface area contributed by atoms with E-state index in [0.29, 0.717) is 0 Å². The van der Waals surface area contributed by atoms with Crippen molar-refractivity contribution in [1.29, 1.82) is 10.5 Å². The minimum Gasteiger partial charge on any atom is -0.319 e. The summed E-state index contributed by atoms with van der Waals surface area (Å²) < 4.78 is 3.07. The third-order valence-electron chi connectivity index (χ3n) is 1.85. The van der Waals surface area contributed by atoms with Crippen LogP contribution < -0.4 is 4.72 Å². The highest BCUT2D eigenvalue weighted by atomic mass is 32.2. The maximum absolute atomic E-state index is 8.58. The van der Waals surface area contributed by atoms with E-state index in [9.17, 15) is 0 Å². The number of thioether (sulfide) groups is 2. The fraction of sp³-hybridized carbons (Fsp3) is 0. The van der Waals surface area contributed by atoms with Gasteiger partial charge in [-0.1, -0.05) is 6.07 Å². The van der Waals surface area contributed by atoms with Gasteiger partial charge in [-0.25, -0.2) is 0 Å². The molecule has 0 fully saturated rings. The lowest BCUT2D eigenvalue weighted by molar-refractivity contribution is 1.25. The number of hydrogen-bond donors (Lipinski definition) is 1. The Kier molecular flexibility index (Phi) is 3.68. The average Bonchev–Trinajstić information content (AvgIpc) is 2.30. The number of hydrogen-bond acceptors (Lipinski definition) is 6. The van der Waals surface area contributed by atoms with Crippen molar-refractivity contribution in [1.82, 2.24) is 4.72 Å². The van der Waals surface area contributed by atoms with Crippen LogP contribution in [0.3, 0.4) is 0 Å². The molecule has 0 aromatic heterocycles. The molecule has 2 rings (SSSR count). The molecule has 1 aliphatic heterocycles. The second-order valence-electron chi connectivity index (χ2n) is 2.80. The minimum atomic E-state index is 0.834. The standard InChI is InChI=1S/C10H5N3S3/c11-5-14-8-2-1-7-3-10(15-6-12)13-16-9(7)4-8/h1-4,13H. The van der Waals surface area contributed by atoms with Gasteiger partial charge in [-0.3, -0.25) is 0 Å². The summed E-state index contributed by atoms with van der Waals surface area (Å²) in [6.07, 6.45) is 1.93. The first kappa shape index (κ1) is 11.3. The van der Waals surface area contributed by atoms with Crippen LogP contribution in [0.4, 0.5) is 0 Å². The first-order chi connectivity index (χ1) is 7.83. The first-order valence-corrected chi connectivity index (χ1v) is 6.69. The second-order valence-corrected chi connectivity index (χ2v) is 5.33. The lowest BCUT2D eigenvalue weighted by atomic mass is 10.2. The Morgan fingerprint density at radius 1 is 1.19 bits per heavy atom. The Hall–Kier alpha value is -1.21. The Balaban J connectivity index is 2.30. The van der Waals surface area contributed by atoms with Crippen molar-refractivity contribution in [3.63, 3.8) is 0 Å². The molecule has 0 spiro atoms. The number of nitrogens with one attached hydrogen (secondary N) is 1. The quantitative estimate of drug-likeness (QED) is 0.501. The zero-order valence-corrected chi connectivity index (χ0v) is 10.4. The van der Waals surface area contributed by atoms with E-state index in [4.69, 9.17) is 10.5 Å². The average molecular weight is 263 g/mol.